The second-order valence-corrected chi connectivity index (χ2v) is 6.54. The number of hydrogen-bond donors (Lipinski definition) is 1. The van der Waals surface area contributed by atoms with Crippen molar-refractivity contribution < 1.29 is 0 Å². The van der Waals surface area contributed by atoms with Gasteiger partial charge in [-0.05, 0) is 37.0 Å². The number of thiazole rings is 1. The van der Waals surface area contributed by atoms with Crippen LogP contribution in [0.15, 0.2) is 22.7 Å². The van der Waals surface area contributed by atoms with E-state index >= 15 is 0 Å². The zero-order valence-corrected chi connectivity index (χ0v) is 12.6. The number of benzene rings is 1. The van der Waals surface area contributed by atoms with Crippen molar-refractivity contribution in [1.82, 2.24) is 4.98 Å². The van der Waals surface area contributed by atoms with Crippen molar-refractivity contribution in [3.63, 3.8) is 0 Å². The van der Waals surface area contributed by atoms with E-state index in [4.69, 9.17) is 0 Å². The fourth-order valence-electron chi connectivity index (χ4n) is 1.68. The van der Waals surface area contributed by atoms with Gasteiger partial charge in [-0.15, -0.1) is 0 Å². The topological polar surface area (TPSA) is 24.9 Å². The molecule has 0 aliphatic heterocycles. The first-order chi connectivity index (χ1) is 8.15. The minimum absolute atomic E-state index is 0.781. The van der Waals surface area contributed by atoms with Gasteiger partial charge in [0.1, 0.15) is 0 Å². The molecular weight excluding hydrogens is 296 g/mol. The van der Waals surface area contributed by atoms with Gasteiger partial charge in [0.15, 0.2) is 5.13 Å². The number of fused-ring (bicyclic) bond motifs is 1. The first-order valence-electron chi connectivity index (χ1n) is 5.95. The molecule has 0 radical (unpaired) electrons. The molecule has 0 spiro atoms. The van der Waals surface area contributed by atoms with Crippen molar-refractivity contribution in [2.45, 2.75) is 26.7 Å². The van der Waals surface area contributed by atoms with Gasteiger partial charge < -0.3 is 5.32 Å². The average molecular weight is 313 g/mol. The molecule has 1 heterocycles. The van der Waals surface area contributed by atoms with E-state index in [-0.39, 0.29) is 0 Å². The van der Waals surface area contributed by atoms with Crippen molar-refractivity contribution in [3.8, 4) is 0 Å². The highest BCUT2D eigenvalue weighted by Crippen LogP contribution is 2.28. The number of aromatic nitrogens is 1. The lowest BCUT2D eigenvalue weighted by molar-refractivity contribution is 0.567. The van der Waals surface area contributed by atoms with Crippen LogP contribution in [-0.2, 0) is 0 Å². The average Bonchev–Trinajstić information content (AvgIpc) is 2.66. The molecule has 1 N–H and O–H groups in total. The molecule has 4 heteroatoms. The molecule has 1 aromatic carbocycles. The maximum Gasteiger partial charge on any atom is 0.183 e. The second kappa shape index (κ2) is 5.83. The highest BCUT2D eigenvalue weighted by atomic mass is 79.9. The van der Waals surface area contributed by atoms with Gasteiger partial charge in [-0.25, -0.2) is 4.98 Å². The molecule has 2 nitrogen and oxygen atoms in total. The van der Waals surface area contributed by atoms with E-state index in [2.05, 4.69) is 52.2 Å². The zero-order valence-electron chi connectivity index (χ0n) is 10.2. The van der Waals surface area contributed by atoms with Crippen LogP contribution in [-0.4, -0.2) is 11.5 Å². The quantitative estimate of drug-likeness (QED) is 0.794. The molecule has 0 saturated carbocycles. The minimum atomic E-state index is 0.781. The fraction of sp³-hybridized carbons (Fsp3) is 0.462. The Kier molecular flexibility index (Phi) is 4.40. The third-order valence-corrected chi connectivity index (χ3v) is 4.05. The van der Waals surface area contributed by atoms with Gasteiger partial charge in [0, 0.05) is 11.0 Å². The summed E-state index contributed by atoms with van der Waals surface area (Å²) in [6.45, 7) is 5.53. The normalized spacial score (nSPS) is 11.3. The highest BCUT2D eigenvalue weighted by molar-refractivity contribution is 9.10. The minimum Gasteiger partial charge on any atom is -0.361 e. The first kappa shape index (κ1) is 12.8. The van der Waals surface area contributed by atoms with Crippen LogP contribution in [0.4, 0.5) is 5.13 Å². The molecule has 0 unspecified atom stereocenters. The van der Waals surface area contributed by atoms with E-state index in [1.54, 1.807) is 11.3 Å². The molecular formula is C13H17BrN2S. The second-order valence-electron chi connectivity index (χ2n) is 4.59. The fourth-order valence-corrected chi connectivity index (χ4v) is 3.12. The molecule has 0 amide bonds. The van der Waals surface area contributed by atoms with Gasteiger partial charge in [-0.3, -0.25) is 0 Å². The number of halogens is 1. The standard InChI is InChI=1S/C13H17BrN2S/c1-9(2)4-3-7-15-13-16-11-6-5-10(14)8-12(11)17-13/h5-6,8-9H,3-4,7H2,1-2H3,(H,15,16). The van der Waals surface area contributed by atoms with Gasteiger partial charge >= 0.3 is 0 Å². The van der Waals surface area contributed by atoms with Crippen LogP contribution < -0.4 is 5.32 Å². The Labute approximate surface area is 115 Å². The van der Waals surface area contributed by atoms with Crippen molar-refractivity contribution in [2.75, 3.05) is 11.9 Å². The summed E-state index contributed by atoms with van der Waals surface area (Å²) in [5.74, 6) is 0.781. The summed E-state index contributed by atoms with van der Waals surface area (Å²) in [5, 5.41) is 4.43. The molecule has 2 rings (SSSR count). The molecule has 0 atom stereocenters. The van der Waals surface area contributed by atoms with Gasteiger partial charge in [-0.2, -0.15) is 0 Å². The van der Waals surface area contributed by atoms with E-state index in [1.807, 2.05) is 6.07 Å². The van der Waals surface area contributed by atoms with Crippen LogP contribution in [0.1, 0.15) is 26.7 Å². The third-order valence-electron chi connectivity index (χ3n) is 2.58. The Balaban J connectivity index is 1.95. The van der Waals surface area contributed by atoms with Crippen molar-refractivity contribution in [2.24, 2.45) is 5.92 Å². The van der Waals surface area contributed by atoms with E-state index in [0.29, 0.717) is 0 Å². The summed E-state index contributed by atoms with van der Waals surface area (Å²) >= 11 is 5.20. The molecule has 1 aromatic heterocycles. The lowest BCUT2D eigenvalue weighted by atomic mass is 10.1. The molecule has 2 aromatic rings. The lowest BCUT2D eigenvalue weighted by Crippen LogP contribution is -2.02. The van der Waals surface area contributed by atoms with Crippen LogP contribution in [0, 0.1) is 5.92 Å². The molecule has 17 heavy (non-hydrogen) atoms. The van der Waals surface area contributed by atoms with Crippen LogP contribution in [0.3, 0.4) is 0 Å². The zero-order chi connectivity index (χ0) is 12.3. The van der Waals surface area contributed by atoms with Gasteiger partial charge in [0.05, 0.1) is 10.2 Å². The molecule has 0 aliphatic rings. The van der Waals surface area contributed by atoms with Gasteiger partial charge in [0.25, 0.3) is 0 Å². The van der Waals surface area contributed by atoms with E-state index in [9.17, 15) is 0 Å². The molecule has 0 aliphatic carbocycles. The molecule has 0 fully saturated rings. The summed E-state index contributed by atoms with van der Waals surface area (Å²) in [5.41, 5.74) is 1.07. The Bertz CT molecular complexity index is 493. The van der Waals surface area contributed by atoms with Crippen molar-refractivity contribution >= 4 is 42.6 Å². The molecule has 0 saturated heterocycles. The van der Waals surface area contributed by atoms with Crippen molar-refractivity contribution in [1.29, 1.82) is 0 Å². The number of hydrogen-bond acceptors (Lipinski definition) is 3. The van der Waals surface area contributed by atoms with Gasteiger partial charge in [-0.1, -0.05) is 41.1 Å². The number of anilines is 1. The highest BCUT2D eigenvalue weighted by Gasteiger charge is 2.03. The monoisotopic (exact) mass is 312 g/mol. The third kappa shape index (κ3) is 3.68. The van der Waals surface area contributed by atoms with Crippen LogP contribution in [0.5, 0.6) is 0 Å². The number of nitrogens with one attached hydrogen (secondary N) is 1. The lowest BCUT2D eigenvalue weighted by Gasteiger charge is -2.04. The smallest absolute Gasteiger partial charge is 0.183 e. The van der Waals surface area contributed by atoms with Crippen molar-refractivity contribution in [3.05, 3.63) is 22.7 Å². The number of nitrogens with zero attached hydrogens (tertiary/aromatic N) is 1. The van der Waals surface area contributed by atoms with Gasteiger partial charge in [0.2, 0.25) is 0 Å². The Morgan fingerprint density at radius 1 is 1.41 bits per heavy atom. The number of rotatable bonds is 5. The largest absolute Gasteiger partial charge is 0.361 e. The predicted molar refractivity (Wildman–Crippen MR) is 79.9 cm³/mol. The van der Waals surface area contributed by atoms with E-state index < -0.39 is 0 Å². The molecule has 0 bridgehead atoms. The Morgan fingerprint density at radius 2 is 2.24 bits per heavy atom. The Hall–Kier alpha value is -0.610. The SMILES string of the molecule is CC(C)CCCNc1nc2ccc(Br)cc2s1. The first-order valence-corrected chi connectivity index (χ1v) is 7.56. The summed E-state index contributed by atoms with van der Waals surface area (Å²) in [4.78, 5) is 4.56. The van der Waals surface area contributed by atoms with E-state index in [0.717, 1.165) is 27.6 Å². The van der Waals surface area contributed by atoms with Crippen LogP contribution >= 0.6 is 27.3 Å². The van der Waals surface area contributed by atoms with Crippen LogP contribution in [0.2, 0.25) is 0 Å². The summed E-state index contributed by atoms with van der Waals surface area (Å²) in [6.07, 6.45) is 2.47. The van der Waals surface area contributed by atoms with Crippen LogP contribution in [0.25, 0.3) is 10.2 Å². The Morgan fingerprint density at radius 3 is 3.00 bits per heavy atom. The summed E-state index contributed by atoms with van der Waals surface area (Å²) < 4.78 is 2.34. The maximum absolute atomic E-state index is 4.56. The summed E-state index contributed by atoms with van der Waals surface area (Å²) in [6, 6.07) is 6.20. The predicted octanol–water partition coefficient (Wildman–Crippen LogP) is 4.91. The van der Waals surface area contributed by atoms with E-state index in [1.165, 1.54) is 17.5 Å². The maximum atomic E-state index is 4.56. The molecule has 92 valence electrons. The summed E-state index contributed by atoms with van der Waals surface area (Å²) in [7, 11) is 0.